The van der Waals surface area contributed by atoms with Crippen LogP contribution in [0.5, 0.6) is 0 Å². The molecule has 2 heterocycles. The van der Waals surface area contributed by atoms with Crippen LogP contribution in [0.25, 0.3) is 22.2 Å². The first-order valence-corrected chi connectivity index (χ1v) is 7.94. The number of benzene rings is 1. The molecule has 0 aliphatic carbocycles. The number of nitrogens with one attached hydrogen (secondary N) is 1. The number of nitrogens with zero attached hydrogens (tertiary/aromatic N) is 2. The monoisotopic (exact) mass is 379 g/mol. The zero-order chi connectivity index (χ0) is 16.2. The Morgan fingerprint density at radius 1 is 1.26 bits per heavy atom. The summed E-state index contributed by atoms with van der Waals surface area (Å²) in [5.74, 6) is -0.365. The van der Waals surface area contributed by atoms with Crippen LogP contribution in [0.15, 0.2) is 35.1 Å². The van der Waals surface area contributed by atoms with Gasteiger partial charge in [-0.25, -0.2) is 4.39 Å². The van der Waals surface area contributed by atoms with E-state index in [1.165, 1.54) is 6.07 Å². The lowest BCUT2D eigenvalue weighted by Crippen LogP contribution is -2.02. The third-order valence-corrected chi connectivity index (χ3v) is 3.88. The number of aliphatic hydroxyl groups is 1. The lowest BCUT2D eigenvalue weighted by Gasteiger charge is -2.12. The van der Waals surface area contributed by atoms with Gasteiger partial charge >= 0.3 is 0 Å². The summed E-state index contributed by atoms with van der Waals surface area (Å²) in [5.41, 5.74) is 2.45. The second kappa shape index (κ2) is 7.16. The van der Waals surface area contributed by atoms with Crippen LogP contribution in [0.4, 0.5) is 4.39 Å². The number of halogens is 2. The van der Waals surface area contributed by atoms with Gasteiger partial charge in [0.05, 0.1) is 30.2 Å². The van der Waals surface area contributed by atoms with Gasteiger partial charge in [-0.3, -0.25) is 10.1 Å². The minimum atomic E-state index is -0.365. The molecule has 23 heavy (non-hydrogen) atoms. The fraction of sp³-hybridized carbons (Fsp3) is 0.250. The zero-order valence-corrected chi connectivity index (χ0v) is 13.8. The summed E-state index contributed by atoms with van der Waals surface area (Å²) in [6.07, 6.45) is 3.86. The van der Waals surface area contributed by atoms with Crippen molar-refractivity contribution in [3.63, 3.8) is 0 Å². The molecule has 0 spiro atoms. The molecule has 5 nitrogen and oxygen atoms in total. The molecule has 1 aromatic carbocycles. The van der Waals surface area contributed by atoms with Crippen LogP contribution in [0.1, 0.15) is 12.0 Å². The molecule has 3 aromatic rings. The van der Waals surface area contributed by atoms with Crippen molar-refractivity contribution in [1.29, 1.82) is 0 Å². The molecule has 2 aromatic heterocycles. The normalized spacial score (nSPS) is 11.3. The highest BCUT2D eigenvalue weighted by Gasteiger charge is 2.15. The molecule has 120 valence electrons. The first-order valence-electron chi connectivity index (χ1n) is 7.15. The molecule has 0 bridgehead atoms. The second-order valence-corrected chi connectivity index (χ2v) is 5.99. The lowest BCUT2D eigenvalue weighted by molar-refractivity contribution is 0.104. The van der Waals surface area contributed by atoms with Crippen molar-refractivity contribution in [3.8, 4) is 11.3 Å². The fourth-order valence-corrected chi connectivity index (χ4v) is 2.83. The molecule has 7 heteroatoms. The topological polar surface area (TPSA) is 71.0 Å². The molecular formula is C16H15BrFN3O2. The summed E-state index contributed by atoms with van der Waals surface area (Å²) in [5, 5.41) is 16.4. The minimum Gasteiger partial charge on any atom is -0.396 e. The Balaban J connectivity index is 1.98. The molecular weight excluding hydrogens is 365 g/mol. The number of hydrogen-bond donors (Lipinski definition) is 2. The van der Waals surface area contributed by atoms with Gasteiger partial charge < -0.3 is 9.84 Å². The average Bonchev–Trinajstić information content (AvgIpc) is 2.98. The molecule has 3 rings (SSSR count). The summed E-state index contributed by atoms with van der Waals surface area (Å²) in [6, 6.07) is 5.02. The number of pyridine rings is 1. The van der Waals surface area contributed by atoms with Crippen molar-refractivity contribution in [2.24, 2.45) is 0 Å². The van der Waals surface area contributed by atoms with Crippen LogP contribution in [0.2, 0.25) is 0 Å². The molecule has 0 saturated carbocycles. The molecule has 0 amide bonds. The van der Waals surface area contributed by atoms with Crippen LogP contribution < -0.4 is 0 Å². The largest absolute Gasteiger partial charge is 0.396 e. The lowest BCUT2D eigenvalue weighted by atomic mass is 10.0. The molecule has 0 aliphatic heterocycles. The highest BCUT2D eigenvalue weighted by atomic mass is 79.9. The zero-order valence-electron chi connectivity index (χ0n) is 12.2. The number of rotatable bonds is 6. The van der Waals surface area contributed by atoms with E-state index in [2.05, 4.69) is 31.1 Å². The number of ether oxygens (including phenoxy) is 1. The molecule has 0 aliphatic rings. The van der Waals surface area contributed by atoms with Crippen molar-refractivity contribution in [2.45, 2.75) is 13.0 Å². The Morgan fingerprint density at radius 3 is 2.96 bits per heavy atom. The number of hydrogen-bond acceptors (Lipinski definition) is 4. The maximum Gasteiger partial charge on any atom is 0.134 e. The Bertz CT molecular complexity index is 822. The third-order valence-electron chi connectivity index (χ3n) is 3.42. The minimum absolute atomic E-state index is 0.0679. The summed E-state index contributed by atoms with van der Waals surface area (Å²) < 4.78 is 20.7. The Labute approximate surface area is 140 Å². The van der Waals surface area contributed by atoms with Gasteiger partial charge in [0.2, 0.25) is 0 Å². The number of aliphatic hydroxyl groups excluding tert-OH is 1. The van der Waals surface area contributed by atoms with Gasteiger partial charge in [0, 0.05) is 28.6 Å². The second-order valence-electron chi connectivity index (χ2n) is 5.08. The fourth-order valence-electron chi connectivity index (χ4n) is 2.36. The van der Waals surface area contributed by atoms with Crippen molar-refractivity contribution in [2.75, 3.05) is 13.2 Å². The van der Waals surface area contributed by atoms with Crippen LogP contribution in [0.3, 0.4) is 0 Å². The standard InChI is InChI=1S/C16H15BrFN3O2/c17-12-4-11(9-23-3-1-2-22)16(13(18)6-12)14-5-10-7-20-21-15(10)8-19-14/h4-8,22H,1-3,9H2,(H,20,21). The van der Waals surface area contributed by atoms with Crippen LogP contribution >= 0.6 is 15.9 Å². The SMILES string of the molecule is OCCCOCc1cc(Br)cc(F)c1-c1cc2cn[nH]c2cn1. The molecule has 0 unspecified atom stereocenters. The maximum atomic E-state index is 14.5. The first kappa shape index (κ1) is 16.0. The number of H-pyrrole nitrogens is 1. The van der Waals surface area contributed by atoms with Gasteiger partial charge in [0.15, 0.2) is 0 Å². The van der Waals surface area contributed by atoms with Gasteiger partial charge in [0.1, 0.15) is 5.82 Å². The van der Waals surface area contributed by atoms with E-state index in [4.69, 9.17) is 9.84 Å². The Kier molecular flexibility index (Phi) is 5.00. The number of aromatic amines is 1. The summed E-state index contributed by atoms with van der Waals surface area (Å²) in [6.45, 7) is 0.730. The Morgan fingerprint density at radius 2 is 2.13 bits per heavy atom. The van der Waals surface area contributed by atoms with E-state index in [1.54, 1.807) is 18.5 Å². The van der Waals surface area contributed by atoms with Crippen LogP contribution in [-0.4, -0.2) is 33.5 Å². The van der Waals surface area contributed by atoms with Gasteiger partial charge in [-0.1, -0.05) is 15.9 Å². The van der Waals surface area contributed by atoms with Gasteiger partial charge in [-0.2, -0.15) is 5.10 Å². The van der Waals surface area contributed by atoms with Crippen molar-refractivity contribution >= 4 is 26.8 Å². The molecule has 0 radical (unpaired) electrons. The summed E-state index contributed by atoms with van der Waals surface area (Å²) >= 11 is 3.30. The summed E-state index contributed by atoms with van der Waals surface area (Å²) in [4.78, 5) is 4.32. The van der Waals surface area contributed by atoms with Gasteiger partial charge in [0.25, 0.3) is 0 Å². The van der Waals surface area contributed by atoms with Crippen LogP contribution in [-0.2, 0) is 11.3 Å². The van der Waals surface area contributed by atoms with Crippen molar-refractivity contribution in [3.05, 3.63) is 46.4 Å². The smallest absolute Gasteiger partial charge is 0.134 e. The van der Waals surface area contributed by atoms with E-state index in [0.717, 1.165) is 10.9 Å². The highest BCUT2D eigenvalue weighted by Crippen LogP contribution is 2.30. The number of aromatic nitrogens is 3. The Hall–Kier alpha value is -1.83. The van der Waals surface area contributed by atoms with E-state index >= 15 is 0 Å². The van der Waals surface area contributed by atoms with E-state index in [9.17, 15) is 4.39 Å². The predicted molar refractivity (Wildman–Crippen MR) is 88.3 cm³/mol. The van der Waals surface area contributed by atoms with E-state index in [0.29, 0.717) is 34.3 Å². The quantitative estimate of drug-likeness (QED) is 0.643. The maximum absolute atomic E-state index is 14.5. The van der Waals surface area contributed by atoms with E-state index in [1.807, 2.05) is 6.07 Å². The van der Waals surface area contributed by atoms with Crippen molar-refractivity contribution < 1.29 is 14.2 Å². The highest BCUT2D eigenvalue weighted by molar-refractivity contribution is 9.10. The molecule has 0 fully saturated rings. The van der Waals surface area contributed by atoms with Gasteiger partial charge in [-0.15, -0.1) is 0 Å². The predicted octanol–water partition coefficient (Wildman–Crippen LogP) is 3.43. The molecule has 2 N–H and O–H groups in total. The third kappa shape index (κ3) is 3.57. The van der Waals surface area contributed by atoms with E-state index in [-0.39, 0.29) is 19.0 Å². The number of fused-ring (bicyclic) bond motifs is 1. The first-order chi connectivity index (χ1) is 11.2. The summed E-state index contributed by atoms with van der Waals surface area (Å²) in [7, 11) is 0. The molecule has 0 saturated heterocycles. The average molecular weight is 380 g/mol. The van der Waals surface area contributed by atoms with Gasteiger partial charge in [-0.05, 0) is 30.2 Å². The van der Waals surface area contributed by atoms with E-state index < -0.39 is 0 Å². The van der Waals surface area contributed by atoms with Crippen molar-refractivity contribution in [1.82, 2.24) is 15.2 Å². The molecule has 0 atom stereocenters. The van der Waals surface area contributed by atoms with Crippen LogP contribution in [0, 0.1) is 5.82 Å².